The second-order valence-corrected chi connectivity index (χ2v) is 7.50. The third-order valence-electron chi connectivity index (χ3n) is 4.05. The Bertz CT molecular complexity index is 629. The maximum absolute atomic E-state index is 12.0. The molecule has 150 valence electrons. The van der Waals surface area contributed by atoms with Crippen molar-refractivity contribution >= 4 is 12.1 Å². The summed E-state index contributed by atoms with van der Waals surface area (Å²) in [6.07, 6.45) is -5.01. The van der Waals surface area contributed by atoms with Gasteiger partial charge in [-0.25, -0.2) is 4.79 Å². The molecule has 0 unspecified atom stereocenters. The van der Waals surface area contributed by atoms with Crippen LogP contribution in [0.15, 0.2) is 30.3 Å². The van der Waals surface area contributed by atoms with Crippen molar-refractivity contribution in [1.29, 1.82) is 0 Å². The highest BCUT2D eigenvalue weighted by Gasteiger charge is 2.39. The molecule has 1 aliphatic heterocycles. The molecule has 4 atom stereocenters. The van der Waals surface area contributed by atoms with Crippen molar-refractivity contribution < 1.29 is 34.0 Å². The molecule has 0 spiro atoms. The number of carbonyl (C=O) groups is 2. The highest BCUT2D eigenvalue weighted by Crippen LogP contribution is 2.24. The van der Waals surface area contributed by atoms with E-state index in [9.17, 15) is 19.8 Å². The van der Waals surface area contributed by atoms with Gasteiger partial charge in [-0.3, -0.25) is 4.79 Å². The molecule has 27 heavy (non-hydrogen) atoms. The highest BCUT2D eigenvalue weighted by molar-refractivity contribution is 5.75. The maximum Gasteiger partial charge on any atom is 0.407 e. The molecule has 3 N–H and O–H groups in total. The first-order valence-corrected chi connectivity index (χ1v) is 8.84. The molecular formula is C19H27NO7. The lowest BCUT2D eigenvalue weighted by Crippen LogP contribution is -2.54. The summed E-state index contributed by atoms with van der Waals surface area (Å²) in [7, 11) is 0. The minimum Gasteiger partial charge on any atom is -0.445 e. The zero-order chi connectivity index (χ0) is 20.0. The van der Waals surface area contributed by atoms with Gasteiger partial charge in [0.05, 0.1) is 11.5 Å². The zero-order valence-corrected chi connectivity index (χ0v) is 15.8. The van der Waals surface area contributed by atoms with E-state index in [1.54, 1.807) is 20.8 Å². The minimum atomic E-state index is -1.22. The van der Waals surface area contributed by atoms with Crippen molar-refractivity contribution in [3.63, 3.8) is 0 Å². The van der Waals surface area contributed by atoms with Gasteiger partial charge < -0.3 is 29.7 Å². The van der Waals surface area contributed by atoms with Gasteiger partial charge in [0.25, 0.3) is 0 Å². The summed E-state index contributed by atoms with van der Waals surface area (Å²) < 4.78 is 15.8. The molecule has 1 fully saturated rings. The molecule has 1 amide bonds. The van der Waals surface area contributed by atoms with Crippen LogP contribution in [0.3, 0.4) is 0 Å². The smallest absolute Gasteiger partial charge is 0.407 e. The predicted octanol–water partition coefficient (Wildman–Crippen LogP) is 1.34. The third kappa shape index (κ3) is 6.50. The molecule has 1 heterocycles. The van der Waals surface area contributed by atoms with Gasteiger partial charge in [-0.15, -0.1) is 0 Å². The van der Waals surface area contributed by atoms with Crippen molar-refractivity contribution in [2.75, 3.05) is 6.54 Å². The molecule has 8 heteroatoms. The minimum absolute atomic E-state index is 0.0437. The lowest BCUT2D eigenvalue weighted by Gasteiger charge is -2.37. The van der Waals surface area contributed by atoms with Gasteiger partial charge in [0, 0.05) is 13.0 Å². The quantitative estimate of drug-likeness (QED) is 0.660. The normalized spacial score (nSPS) is 25.5. The van der Waals surface area contributed by atoms with E-state index in [0.717, 1.165) is 5.56 Å². The second-order valence-electron chi connectivity index (χ2n) is 7.50. The van der Waals surface area contributed by atoms with Crippen LogP contribution in [0, 0.1) is 5.41 Å². The molecule has 1 aliphatic rings. The average molecular weight is 381 g/mol. The molecule has 1 aromatic rings. The molecule has 0 aliphatic carbocycles. The van der Waals surface area contributed by atoms with E-state index in [0.29, 0.717) is 0 Å². The Morgan fingerprint density at radius 1 is 1.22 bits per heavy atom. The van der Waals surface area contributed by atoms with E-state index in [4.69, 9.17) is 14.2 Å². The molecule has 0 bridgehead atoms. The Balaban J connectivity index is 1.82. The van der Waals surface area contributed by atoms with Gasteiger partial charge in [0.15, 0.2) is 0 Å². The number of ether oxygens (including phenoxy) is 3. The van der Waals surface area contributed by atoms with Crippen molar-refractivity contribution in [3.05, 3.63) is 35.9 Å². The first-order chi connectivity index (χ1) is 12.7. The van der Waals surface area contributed by atoms with Gasteiger partial charge in [0.2, 0.25) is 6.29 Å². The largest absolute Gasteiger partial charge is 0.445 e. The average Bonchev–Trinajstić information content (AvgIpc) is 2.61. The van der Waals surface area contributed by atoms with Crippen LogP contribution in [-0.2, 0) is 25.6 Å². The number of nitrogens with one attached hydrogen (secondary N) is 1. The highest BCUT2D eigenvalue weighted by atomic mass is 16.7. The Morgan fingerprint density at radius 2 is 1.89 bits per heavy atom. The summed E-state index contributed by atoms with van der Waals surface area (Å²) in [5.41, 5.74) is 0.116. The summed E-state index contributed by atoms with van der Waals surface area (Å²) in [6, 6.07) is 9.18. The topological polar surface area (TPSA) is 114 Å². The molecule has 0 saturated carbocycles. The van der Waals surface area contributed by atoms with Crippen LogP contribution in [0.5, 0.6) is 0 Å². The first kappa shape index (κ1) is 21.1. The number of carbonyl (C=O) groups excluding carboxylic acids is 2. The number of benzene rings is 1. The van der Waals surface area contributed by atoms with Crippen LogP contribution >= 0.6 is 0 Å². The van der Waals surface area contributed by atoms with Crippen LogP contribution in [0.4, 0.5) is 4.79 Å². The van der Waals surface area contributed by atoms with Gasteiger partial charge in [-0.1, -0.05) is 30.3 Å². The predicted molar refractivity (Wildman–Crippen MR) is 95.5 cm³/mol. The Labute approximate surface area is 158 Å². The van der Waals surface area contributed by atoms with Crippen LogP contribution < -0.4 is 5.32 Å². The Kier molecular flexibility index (Phi) is 7.18. The summed E-state index contributed by atoms with van der Waals surface area (Å²) in [5.74, 6) is -0.481. The number of rotatable bonds is 5. The standard InChI is InChI=1S/C19H27NO7/c1-19(2,3)17(23)27-15-9-13(21)16(22)14(26-15)10-20-18(24)25-11-12-7-5-4-6-8-12/h4-8,13-16,21-22H,9-11H2,1-3H3,(H,20,24)/t13-,14-,15-,16-/m1/s1. The fourth-order valence-electron chi connectivity index (χ4n) is 2.41. The summed E-state index contributed by atoms with van der Waals surface area (Å²) in [6.45, 7) is 5.10. The molecule has 2 rings (SSSR count). The Morgan fingerprint density at radius 3 is 2.52 bits per heavy atom. The molecule has 1 aromatic carbocycles. The molecule has 8 nitrogen and oxygen atoms in total. The molecule has 0 aromatic heterocycles. The van der Waals surface area contributed by atoms with Crippen LogP contribution in [-0.4, -0.2) is 53.4 Å². The van der Waals surface area contributed by atoms with E-state index in [-0.39, 0.29) is 19.6 Å². The number of hydrogen-bond acceptors (Lipinski definition) is 7. The van der Waals surface area contributed by atoms with Gasteiger partial charge in [-0.05, 0) is 26.3 Å². The molecular weight excluding hydrogens is 354 g/mol. The van der Waals surface area contributed by atoms with Crippen LogP contribution in [0.1, 0.15) is 32.8 Å². The number of esters is 1. The van der Waals surface area contributed by atoms with E-state index in [1.165, 1.54) is 0 Å². The van der Waals surface area contributed by atoms with Crippen molar-refractivity contribution in [2.45, 2.75) is 58.4 Å². The number of hydrogen-bond donors (Lipinski definition) is 3. The molecule has 0 radical (unpaired) electrons. The monoisotopic (exact) mass is 381 g/mol. The Hall–Kier alpha value is -2.16. The van der Waals surface area contributed by atoms with Gasteiger partial charge in [0.1, 0.15) is 18.8 Å². The third-order valence-corrected chi connectivity index (χ3v) is 4.05. The van der Waals surface area contributed by atoms with Crippen LogP contribution in [0.2, 0.25) is 0 Å². The lowest BCUT2D eigenvalue weighted by molar-refractivity contribution is -0.247. The van der Waals surface area contributed by atoms with E-state index in [1.807, 2.05) is 30.3 Å². The SMILES string of the molecule is CC(C)(C)C(=O)O[C@@H]1C[C@@H](O)[C@@H](O)[C@@H](CNC(=O)OCc2ccccc2)O1. The number of aliphatic hydroxyl groups excluding tert-OH is 2. The fraction of sp³-hybridized carbons (Fsp3) is 0.579. The molecule has 1 saturated heterocycles. The van der Waals surface area contributed by atoms with Crippen LogP contribution in [0.25, 0.3) is 0 Å². The van der Waals surface area contributed by atoms with E-state index in [2.05, 4.69) is 5.32 Å². The lowest BCUT2D eigenvalue weighted by atomic mass is 9.97. The zero-order valence-electron chi connectivity index (χ0n) is 15.8. The number of alkyl carbamates (subject to hydrolysis) is 1. The second kappa shape index (κ2) is 9.16. The van der Waals surface area contributed by atoms with Gasteiger partial charge >= 0.3 is 12.1 Å². The number of amides is 1. The van der Waals surface area contributed by atoms with Crippen molar-refractivity contribution in [3.8, 4) is 0 Å². The van der Waals surface area contributed by atoms with Gasteiger partial charge in [-0.2, -0.15) is 0 Å². The summed E-state index contributed by atoms with van der Waals surface area (Å²) in [4.78, 5) is 23.8. The maximum atomic E-state index is 12.0. The van der Waals surface area contributed by atoms with E-state index >= 15 is 0 Å². The summed E-state index contributed by atoms with van der Waals surface area (Å²) in [5, 5.41) is 22.5. The van der Waals surface area contributed by atoms with Crippen molar-refractivity contribution in [1.82, 2.24) is 5.32 Å². The van der Waals surface area contributed by atoms with Crippen molar-refractivity contribution in [2.24, 2.45) is 5.41 Å². The number of aliphatic hydroxyl groups is 2. The summed E-state index contributed by atoms with van der Waals surface area (Å²) >= 11 is 0. The fourth-order valence-corrected chi connectivity index (χ4v) is 2.41. The van der Waals surface area contributed by atoms with E-state index < -0.39 is 42.1 Å². The first-order valence-electron chi connectivity index (χ1n) is 8.84.